The molecule has 2 aromatic carbocycles. The highest BCUT2D eigenvalue weighted by Crippen LogP contribution is 2.50. The average Bonchev–Trinajstić information content (AvgIpc) is 3.01. The predicted octanol–water partition coefficient (Wildman–Crippen LogP) is 3.86. The first-order valence-electron chi connectivity index (χ1n) is 8.35. The zero-order valence-electron chi connectivity index (χ0n) is 13.6. The Balaban J connectivity index is 1.59. The Labute approximate surface area is 150 Å². The third-order valence-electron chi connectivity index (χ3n) is 4.34. The Morgan fingerprint density at radius 1 is 1.08 bits per heavy atom. The van der Waals surface area contributed by atoms with Gasteiger partial charge in [-0.2, -0.15) is 0 Å². The number of rotatable bonds is 4. The number of morpholine rings is 1. The monoisotopic (exact) mass is 363 g/mol. The van der Waals surface area contributed by atoms with Gasteiger partial charge in [-0.05, 0) is 30.7 Å². The molecule has 1 N–H and O–H groups in total. The molecule has 0 spiro atoms. The van der Waals surface area contributed by atoms with E-state index in [-0.39, 0.29) is 17.7 Å². The Morgan fingerprint density at radius 2 is 1.88 bits per heavy atom. The number of anilines is 3. The number of nitrogens with zero attached hydrogens (tertiary/aromatic N) is 2. The SMILES string of the molecule is Fc1ccccc1N1SN(CC[C@H]2CNCCO2)c2c(F)cccc21. The van der Waals surface area contributed by atoms with E-state index in [1.54, 1.807) is 28.6 Å². The first kappa shape index (κ1) is 16.6. The summed E-state index contributed by atoms with van der Waals surface area (Å²) in [6.07, 6.45) is 0.894. The van der Waals surface area contributed by atoms with Crippen LogP contribution in [-0.2, 0) is 4.74 Å². The number of halogens is 2. The van der Waals surface area contributed by atoms with E-state index in [9.17, 15) is 8.78 Å². The maximum absolute atomic E-state index is 14.5. The average molecular weight is 363 g/mol. The molecule has 0 amide bonds. The van der Waals surface area contributed by atoms with Crippen LogP contribution in [0.1, 0.15) is 6.42 Å². The zero-order chi connectivity index (χ0) is 17.2. The summed E-state index contributed by atoms with van der Waals surface area (Å²) in [5, 5.41) is 3.30. The number of hydrogen-bond donors (Lipinski definition) is 1. The molecule has 7 heteroatoms. The quantitative estimate of drug-likeness (QED) is 0.833. The van der Waals surface area contributed by atoms with Gasteiger partial charge in [-0.15, -0.1) is 0 Å². The first-order chi connectivity index (χ1) is 12.2. The fourth-order valence-corrected chi connectivity index (χ4v) is 4.23. The summed E-state index contributed by atoms with van der Waals surface area (Å²) in [5.41, 5.74) is 1.59. The molecular weight excluding hydrogens is 344 g/mol. The molecule has 0 aliphatic carbocycles. The molecule has 2 aliphatic heterocycles. The van der Waals surface area contributed by atoms with Crippen molar-refractivity contribution < 1.29 is 13.5 Å². The van der Waals surface area contributed by atoms with Crippen molar-refractivity contribution in [1.29, 1.82) is 0 Å². The van der Waals surface area contributed by atoms with Crippen LogP contribution in [0.3, 0.4) is 0 Å². The molecule has 2 aliphatic rings. The van der Waals surface area contributed by atoms with E-state index in [1.807, 2.05) is 10.4 Å². The maximum atomic E-state index is 14.5. The summed E-state index contributed by atoms with van der Waals surface area (Å²) >= 11 is 1.32. The molecule has 132 valence electrons. The number of hydrogen-bond acceptors (Lipinski definition) is 5. The number of fused-ring (bicyclic) bond motifs is 1. The molecular formula is C18H19F2N3OS. The maximum Gasteiger partial charge on any atom is 0.149 e. The van der Waals surface area contributed by atoms with Gasteiger partial charge >= 0.3 is 0 Å². The van der Waals surface area contributed by atoms with Gasteiger partial charge in [0.05, 0.1) is 36.2 Å². The lowest BCUT2D eigenvalue weighted by Crippen LogP contribution is -2.39. The third-order valence-corrected chi connectivity index (χ3v) is 5.46. The summed E-state index contributed by atoms with van der Waals surface area (Å²) in [6, 6.07) is 11.5. The van der Waals surface area contributed by atoms with Gasteiger partial charge in [-0.25, -0.2) is 8.78 Å². The predicted molar refractivity (Wildman–Crippen MR) is 97.1 cm³/mol. The lowest BCUT2D eigenvalue weighted by molar-refractivity contribution is 0.0254. The van der Waals surface area contributed by atoms with Crippen molar-refractivity contribution in [3.8, 4) is 0 Å². The second-order valence-electron chi connectivity index (χ2n) is 6.02. The number of para-hydroxylation sites is 2. The Morgan fingerprint density at radius 3 is 2.68 bits per heavy atom. The molecule has 2 aromatic rings. The highest BCUT2D eigenvalue weighted by molar-refractivity contribution is 8.02. The molecule has 2 heterocycles. The van der Waals surface area contributed by atoms with Gasteiger partial charge in [-0.3, -0.25) is 8.61 Å². The van der Waals surface area contributed by atoms with Crippen LogP contribution in [-0.4, -0.2) is 32.3 Å². The minimum atomic E-state index is -0.327. The van der Waals surface area contributed by atoms with Crippen molar-refractivity contribution in [3.05, 3.63) is 54.1 Å². The molecule has 1 atom stereocenters. The van der Waals surface area contributed by atoms with Crippen LogP contribution in [0.2, 0.25) is 0 Å². The van der Waals surface area contributed by atoms with Gasteiger partial charge in [0.2, 0.25) is 0 Å². The van der Waals surface area contributed by atoms with E-state index in [0.717, 1.165) is 19.5 Å². The van der Waals surface area contributed by atoms with Gasteiger partial charge in [0, 0.05) is 19.6 Å². The topological polar surface area (TPSA) is 27.7 Å². The number of benzene rings is 2. The van der Waals surface area contributed by atoms with E-state index < -0.39 is 0 Å². The summed E-state index contributed by atoms with van der Waals surface area (Å²) in [4.78, 5) is 0. The van der Waals surface area contributed by atoms with Crippen LogP contribution in [0.25, 0.3) is 0 Å². The minimum Gasteiger partial charge on any atom is -0.376 e. The van der Waals surface area contributed by atoms with Crippen molar-refractivity contribution in [1.82, 2.24) is 5.32 Å². The van der Waals surface area contributed by atoms with Crippen molar-refractivity contribution >= 4 is 29.2 Å². The lowest BCUT2D eigenvalue weighted by atomic mass is 10.2. The van der Waals surface area contributed by atoms with E-state index in [1.165, 1.54) is 24.3 Å². The summed E-state index contributed by atoms with van der Waals surface area (Å²) in [5.74, 6) is -0.626. The van der Waals surface area contributed by atoms with Crippen LogP contribution in [0, 0.1) is 11.6 Å². The molecule has 4 nitrogen and oxygen atoms in total. The van der Waals surface area contributed by atoms with Crippen molar-refractivity contribution in [3.63, 3.8) is 0 Å². The fraction of sp³-hybridized carbons (Fsp3) is 0.333. The van der Waals surface area contributed by atoms with Crippen LogP contribution < -0.4 is 13.9 Å². The normalized spacial score (nSPS) is 20.0. The van der Waals surface area contributed by atoms with Crippen LogP contribution >= 0.6 is 12.1 Å². The largest absolute Gasteiger partial charge is 0.376 e. The van der Waals surface area contributed by atoms with E-state index in [4.69, 9.17) is 4.74 Å². The Bertz CT molecular complexity index is 755. The van der Waals surface area contributed by atoms with Crippen LogP contribution in [0.4, 0.5) is 25.8 Å². The Kier molecular flexibility index (Phi) is 4.78. The lowest BCUT2D eigenvalue weighted by Gasteiger charge is -2.26. The highest BCUT2D eigenvalue weighted by atomic mass is 32.2. The number of ether oxygens (including phenoxy) is 1. The van der Waals surface area contributed by atoms with Crippen molar-refractivity contribution in [2.45, 2.75) is 12.5 Å². The van der Waals surface area contributed by atoms with Crippen molar-refractivity contribution in [2.24, 2.45) is 0 Å². The van der Waals surface area contributed by atoms with Crippen LogP contribution in [0.15, 0.2) is 42.5 Å². The molecule has 0 saturated carbocycles. The Hall–Kier alpha value is -1.83. The van der Waals surface area contributed by atoms with E-state index in [0.29, 0.717) is 30.2 Å². The van der Waals surface area contributed by atoms with Gasteiger partial charge in [0.15, 0.2) is 0 Å². The summed E-state index contributed by atoms with van der Waals surface area (Å²) < 4.78 is 38.1. The van der Waals surface area contributed by atoms with E-state index in [2.05, 4.69) is 5.32 Å². The van der Waals surface area contributed by atoms with Gasteiger partial charge < -0.3 is 10.1 Å². The van der Waals surface area contributed by atoms with Crippen LogP contribution in [0.5, 0.6) is 0 Å². The first-order valence-corrected chi connectivity index (χ1v) is 9.08. The molecule has 1 fully saturated rings. The summed E-state index contributed by atoms with van der Waals surface area (Å²) in [7, 11) is 0. The standard InChI is InChI=1S/C18H19F2N3OS/c19-14-4-1-2-6-16(14)23-17-7-3-5-15(20)18(17)22(25-23)10-8-13-12-21-9-11-24-13/h1-7,13,21H,8-12H2/t13-/m0/s1. The highest BCUT2D eigenvalue weighted by Gasteiger charge is 2.33. The second-order valence-corrected chi connectivity index (χ2v) is 6.99. The third kappa shape index (κ3) is 3.31. The molecule has 0 radical (unpaired) electrons. The fourth-order valence-electron chi connectivity index (χ4n) is 3.11. The van der Waals surface area contributed by atoms with Crippen molar-refractivity contribution in [2.75, 3.05) is 34.9 Å². The molecule has 4 rings (SSSR count). The molecule has 0 unspecified atom stereocenters. The van der Waals surface area contributed by atoms with Gasteiger partial charge in [0.25, 0.3) is 0 Å². The van der Waals surface area contributed by atoms with Gasteiger partial charge in [0.1, 0.15) is 17.3 Å². The molecule has 0 bridgehead atoms. The second kappa shape index (κ2) is 7.19. The molecule has 0 aromatic heterocycles. The smallest absolute Gasteiger partial charge is 0.149 e. The minimum absolute atomic E-state index is 0.118. The molecule has 1 saturated heterocycles. The number of nitrogens with one attached hydrogen (secondary N) is 1. The van der Waals surface area contributed by atoms with Gasteiger partial charge in [-0.1, -0.05) is 18.2 Å². The zero-order valence-corrected chi connectivity index (χ0v) is 14.4. The molecule has 25 heavy (non-hydrogen) atoms. The van der Waals surface area contributed by atoms with E-state index >= 15 is 0 Å². The summed E-state index contributed by atoms with van der Waals surface area (Å²) in [6.45, 7) is 2.99.